The van der Waals surface area contributed by atoms with Crippen molar-refractivity contribution in [2.75, 3.05) is 6.61 Å². The third kappa shape index (κ3) is 3.01. The number of ether oxygens (including phenoxy) is 2. The smallest absolute Gasteiger partial charge is 0.247 e. The minimum atomic E-state index is -0.656. The second-order valence-electron chi connectivity index (χ2n) is 6.14. The Morgan fingerprint density at radius 2 is 2.04 bits per heavy atom. The zero-order valence-electron chi connectivity index (χ0n) is 14.3. The molecule has 6 heteroatoms. The summed E-state index contributed by atoms with van der Waals surface area (Å²) in [7, 11) is 0. The Kier molecular flexibility index (Phi) is 4.08. The number of rotatable bonds is 4. The van der Waals surface area contributed by atoms with E-state index in [1.807, 2.05) is 24.3 Å². The summed E-state index contributed by atoms with van der Waals surface area (Å²) >= 11 is 0. The van der Waals surface area contributed by atoms with Gasteiger partial charge in [-0.05, 0) is 42.3 Å². The number of benzene rings is 2. The van der Waals surface area contributed by atoms with E-state index in [1.54, 1.807) is 24.3 Å². The van der Waals surface area contributed by atoms with Crippen LogP contribution < -0.4 is 0 Å². The Labute approximate surface area is 151 Å². The van der Waals surface area contributed by atoms with Crippen LogP contribution in [0.4, 0.5) is 0 Å². The summed E-state index contributed by atoms with van der Waals surface area (Å²) in [6, 6.07) is 14.6. The molecule has 2 aliphatic rings. The number of hydrogen-bond acceptors (Lipinski definition) is 5. The summed E-state index contributed by atoms with van der Waals surface area (Å²) in [5.74, 6) is 1.05. The number of carbonyl (C=O) groups is 1. The van der Waals surface area contributed by atoms with E-state index >= 15 is 0 Å². The highest BCUT2D eigenvalue weighted by molar-refractivity contribution is 5.84. The van der Waals surface area contributed by atoms with E-state index < -0.39 is 6.23 Å². The molecule has 0 radical (unpaired) electrons. The van der Waals surface area contributed by atoms with Crippen molar-refractivity contribution in [2.45, 2.75) is 19.6 Å². The van der Waals surface area contributed by atoms with Crippen molar-refractivity contribution in [1.82, 2.24) is 5.01 Å². The van der Waals surface area contributed by atoms with Crippen LogP contribution in [-0.2, 0) is 20.7 Å². The first-order valence-corrected chi connectivity index (χ1v) is 8.36. The molecule has 0 saturated heterocycles. The molecule has 26 heavy (non-hydrogen) atoms. The number of aromatic hydroxyl groups is 1. The molecule has 4 rings (SSSR count). The lowest BCUT2D eigenvalue weighted by Crippen LogP contribution is -2.25. The maximum absolute atomic E-state index is 11.9. The molecule has 2 aromatic rings. The lowest BCUT2D eigenvalue weighted by atomic mass is 10.1. The van der Waals surface area contributed by atoms with Gasteiger partial charge in [0.05, 0.1) is 0 Å². The predicted molar refractivity (Wildman–Crippen MR) is 96.0 cm³/mol. The zero-order valence-corrected chi connectivity index (χ0v) is 14.3. The van der Waals surface area contributed by atoms with Gasteiger partial charge in [0.1, 0.15) is 11.5 Å². The number of fused-ring (bicyclic) bond motifs is 1. The van der Waals surface area contributed by atoms with Crippen molar-refractivity contribution >= 4 is 17.6 Å². The van der Waals surface area contributed by atoms with Gasteiger partial charge < -0.3 is 14.6 Å². The number of allylic oxidation sites excluding steroid dienone is 1. The Morgan fingerprint density at radius 3 is 2.81 bits per heavy atom. The largest absolute Gasteiger partial charge is 0.508 e. The molecule has 1 atom stereocenters. The normalized spacial score (nSPS) is 18.0. The summed E-state index contributed by atoms with van der Waals surface area (Å²) in [5, 5.41) is 15.0. The van der Waals surface area contributed by atoms with E-state index in [0.717, 1.165) is 23.3 Å². The van der Waals surface area contributed by atoms with E-state index in [2.05, 4.69) is 11.2 Å². The highest BCUT2D eigenvalue weighted by Gasteiger charge is 2.32. The molecular weight excluding hydrogens is 332 g/mol. The molecule has 1 heterocycles. The molecule has 0 aromatic heterocycles. The van der Waals surface area contributed by atoms with Gasteiger partial charge in [-0.25, -0.2) is 0 Å². The van der Waals surface area contributed by atoms with Gasteiger partial charge in [0, 0.05) is 18.1 Å². The molecular formula is C20H18N2O4. The highest BCUT2D eigenvalue weighted by Crippen LogP contribution is 2.31. The molecule has 132 valence electrons. The van der Waals surface area contributed by atoms with Crippen LogP contribution in [0, 0.1) is 0 Å². The Balaban J connectivity index is 1.47. The fraction of sp³-hybridized carbons (Fsp3) is 0.200. The molecule has 0 spiro atoms. The molecule has 6 nitrogen and oxygen atoms in total. The zero-order chi connectivity index (χ0) is 18.1. The van der Waals surface area contributed by atoms with Gasteiger partial charge in [0.25, 0.3) is 0 Å². The number of amides is 1. The lowest BCUT2D eigenvalue weighted by molar-refractivity contribution is -0.135. The van der Waals surface area contributed by atoms with Crippen LogP contribution in [0.5, 0.6) is 5.75 Å². The van der Waals surface area contributed by atoms with Gasteiger partial charge in [-0.2, -0.15) is 5.01 Å². The maximum Gasteiger partial charge on any atom is 0.247 e. The topological polar surface area (TPSA) is 71.4 Å². The van der Waals surface area contributed by atoms with Crippen LogP contribution in [0.1, 0.15) is 29.8 Å². The summed E-state index contributed by atoms with van der Waals surface area (Å²) in [4.78, 5) is 11.9. The van der Waals surface area contributed by atoms with Crippen LogP contribution in [-0.4, -0.2) is 28.5 Å². The second-order valence-corrected chi connectivity index (χ2v) is 6.14. The van der Waals surface area contributed by atoms with Crippen LogP contribution in [0.2, 0.25) is 0 Å². The van der Waals surface area contributed by atoms with Crippen LogP contribution in [0.15, 0.2) is 59.7 Å². The fourth-order valence-electron chi connectivity index (χ4n) is 3.05. The molecule has 0 fully saturated rings. The average molecular weight is 350 g/mol. The van der Waals surface area contributed by atoms with Crippen molar-refractivity contribution in [1.29, 1.82) is 0 Å². The second kappa shape index (κ2) is 6.55. The van der Waals surface area contributed by atoms with Crippen LogP contribution in [0.25, 0.3) is 5.76 Å². The molecule has 0 bridgehead atoms. The molecule has 2 aromatic carbocycles. The third-order valence-electron chi connectivity index (χ3n) is 4.33. The van der Waals surface area contributed by atoms with Crippen molar-refractivity contribution in [3.8, 4) is 5.75 Å². The summed E-state index contributed by atoms with van der Waals surface area (Å²) in [6.45, 7) is 1.57. The minimum Gasteiger partial charge on any atom is -0.508 e. The standard InChI is InChI=1S/C20H18N2O4/c1-13(23)22-20(15-6-9-16(24)10-7-15)26-19(21-22)12-25-18-11-8-14-4-2-3-5-17(14)18/h2-7,9-11,20,24H,8,12H2,1H3. The number of hydrazone groups is 1. The van der Waals surface area contributed by atoms with Gasteiger partial charge >= 0.3 is 0 Å². The van der Waals surface area contributed by atoms with Gasteiger partial charge in [0.15, 0.2) is 6.61 Å². The SMILES string of the molecule is CC(=O)N1N=C(COC2=CCc3ccccc32)OC1c1ccc(O)cc1. The van der Waals surface area contributed by atoms with Gasteiger partial charge in [-0.3, -0.25) is 4.79 Å². The highest BCUT2D eigenvalue weighted by atomic mass is 16.6. The van der Waals surface area contributed by atoms with Crippen molar-refractivity contribution < 1.29 is 19.4 Å². The van der Waals surface area contributed by atoms with E-state index in [0.29, 0.717) is 5.90 Å². The van der Waals surface area contributed by atoms with Crippen molar-refractivity contribution in [3.05, 3.63) is 71.3 Å². The molecule has 1 unspecified atom stereocenters. The first-order valence-electron chi connectivity index (χ1n) is 8.36. The Morgan fingerprint density at radius 1 is 1.27 bits per heavy atom. The monoisotopic (exact) mass is 350 g/mol. The fourth-order valence-corrected chi connectivity index (χ4v) is 3.05. The molecule has 1 N–H and O–H groups in total. The van der Waals surface area contributed by atoms with E-state index in [1.165, 1.54) is 17.5 Å². The van der Waals surface area contributed by atoms with Gasteiger partial charge in [0.2, 0.25) is 18.0 Å². The van der Waals surface area contributed by atoms with Crippen molar-refractivity contribution in [2.24, 2.45) is 5.10 Å². The molecule has 1 aliphatic heterocycles. The predicted octanol–water partition coefficient (Wildman–Crippen LogP) is 3.20. The van der Waals surface area contributed by atoms with E-state index in [-0.39, 0.29) is 18.3 Å². The minimum absolute atomic E-state index is 0.137. The summed E-state index contributed by atoms with van der Waals surface area (Å²) in [5.41, 5.74) is 3.02. The summed E-state index contributed by atoms with van der Waals surface area (Å²) < 4.78 is 11.7. The first kappa shape index (κ1) is 16.2. The quantitative estimate of drug-likeness (QED) is 0.919. The molecule has 1 amide bonds. The van der Waals surface area contributed by atoms with Crippen LogP contribution in [0.3, 0.4) is 0 Å². The number of hydrogen-bond donors (Lipinski definition) is 1. The molecule has 0 saturated carbocycles. The molecule has 1 aliphatic carbocycles. The van der Waals surface area contributed by atoms with Gasteiger partial charge in [-0.15, -0.1) is 5.10 Å². The number of phenolic OH excluding ortho intramolecular Hbond substituents is 1. The third-order valence-corrected chi connectivity index (χ3v) is 4.33. The Hall–Kier alpha value is -3.28. The average Bonchev–Trinajstić information content (AvgIpc) is 3.25. The van der Waals surface area contributed by atoms with E-state index in [9.17, 15) is 9.90 Å². The van der Waals surface area contributed by atoms with Gasteiger partial charge in [-0.1, -0.05) is 24.3 Å². The number of carbonyl (C=O) groups excluding carboxylic acids is 1. The lowest BCUT2D eigenvalue weighted by Gasteiger charge is -2.19. The maximum atomic E-state index is 11.9. The Bertz CT molecular complexity index is 902. The van der Waals surface area contributed by atoms with Crippen molar-refractivity contribution in [3.63, 3.8) is 0 Å². The summed E-state index contributed by atoms with van der Waals surface area (Å²) in [6.07, 6.45) is 2.21. The van der Waals surface area contributed by atoms with E-state index in [4.69, 9.17) is 9.47 Å². The number of nitrogens with zero attached hydrogens (tertiary/aromatic N) is 2. The van der Waals surface area contributed by atoms with Crippen LogP contribution >= 0.6 is 0 Å². The number of phenols is 1. The first-order chi connectivity index (χ1) is 12.6.